The summed E-state index contributed by atoms with van der Waals surface area (Å²) in [4.78, 5) is 4.13. The molecule has 0 amide bonds. The lowest BCUT2D eigenvalue weighted by Gasteiger charge is -2.13. The molecule has 0 unspecified atom stereocenters. The van der Waals surface area contributed by atoms with Crippen LogP contribution in [0.4, 0.5) is 0 Å². The van der Waals surface area contributed by atoms with Gasteiger partial charge in [0.05, 0.1) is 5.69 Å². The smallest absolute Gasteiger partial charge is 0.101 e. The molecule has 4 nitrogen and oxygen atoms in total. The fraction of sp³-hybridized carbons (Fsp3) is 0.0952. The Morgan fingerprint density at radius 1 is 0.720 bits per heavy atom. The number of aryl methyl sites for hydroxylation is 1. The minimum atomic E-state index is 0. The van der Waals surface area contributed by atoms with Crippen molar-refractivity contribution in [2.24, 2.45) is 0 Å². The van der Waals surface area contributed by atoms with E-state index in [9.17, 15) is 0 Å². The number of benzene rings is 2. The van der Waals surface area contributed by atoms with Crippen molar-refractivity contribution in [2.45, 2.75) is 13.8 Å². The summed E-state index contributed by atoms with van der Waals surface area (Å²) in [5.41, 5.74) is 6.33. The summed E-state index contributed by atoms with van der Waals surface area (Å²) in [6, 6.07) is 18.8. The Morgan fingerprint density at radius 3 is 2.20 bits per heavy atom. The predicted octanol–water partition coefficient (Wildman–Crippen LogP) is 5.14. The monoisotopic (exact) mass is 328 g/mol. The molecular weight excluding hydrogens is 308 g/mol. The van der Waals surface area contributed by atoms with Gasteiger partial charge in [-0.15, -0.1) is 5.10 Å². The SMILES string of the molecule is Cc1nnc(-c2ccc3ccccc3c2)c(-c2ccncc2)c1C.N. The number of fused-ring (bicyclic) bond motifs is 1. The molecule has 2 heterocycles. The second kappa shape index (κ2) is 6.79. The number of hydrogen-bond donors (Lipinski definition) is 1. The number of nitrogens with zero attached hydrogens (tertiary/aromatic N) is 3. The normalized spacial score (nSPS) is 10.5. The quantitative estimate of drug-likeness (QED) is 0.553. The van der Waals surface area contributed by atoms with Crippen molar-refractivity contribution in [3.63, 3.8) is 0 Å². The van der Waals surface area contributed by atoms with Gasteiger partial charge in [0.1, 0.15) is 5.69 Å². The Hall–Kier alpha value is -3.11. The number of rotatable bonds is 2. The summed E-state index contributed by atoms with van der Waals surface area (Å²) in [7, 11) is 0. The highest BCUT2D eigenvalue weighted by atomic mass is 15.1. The maximum absolute atomic E-state index is 4.52. The van der Waals surface area contributed by atoms with Gasteiger partial charge in [-0.25, -0.2) is 0 Å². The van der Waals surface area contributed by atoms with Crippen LogP contribution in [0.2, 0.25) is 0 Å². The van der Waals surface area contributed by atoms with Gasteiger partial charge in [-0.05, 0) is 53.9 Å². The van der Waals surface area contributed by atoms with Gasteiger partial charge in [0.25, 0.3) is 0 Å². The molecule has 0 saturated carbocycles. The van der Waals surface area contributed by atoms with Crippen LogP contribution >= 0.6 is 0 Å². The highest BCUT2D eigenvalue weighted by Gasteiger charge is 2.15. The lowest BCUT2D eigenvalue weighted by molar-refractivity contribution is 0.970. The maximum atomic E-state index is 4.52. The van der Waals surface area contributed by atoms with Crippen LogP contribution in [0.15, 0.2) is 67.0 Å². The molecule has 25 heavy (non-hydrogen) atoms. The number of hydrogen-bond acceptors (Lipinski definition) is 4. The Bertz CT molecular complexity index is 1030. The molecule has 3 N–H and O–H groups in total. The van der Waals surface area contributed by atoms with Crippen LogP contribution in [0.25, 0.3) is 33.2 Å². The third-order valence-electron chi connectivity index (χ3n) is 4.45. The third kappa shape index (κ3) is 2.99. The first-order valence-corrected chi connectivity index (χ1v) is 7.97. The van der Waals surface area contributed by atoms with E-state index in [0.29, 0.717) is 0 Å². The van der Waals surface area contributed by atoms with Gasteiger partial charge >= 0.3 is 0 Å². The van der Waals surface area contributed by atoms with Crippen molar-refractivity contribution < 1.29 is 0 Å². The average Bonchev–Trinajstić information content (AvgIpc) is 2.64. The molecule has 0 atom stereocenters. The summed E-state index contributed by atoms with van der Waals surface area (Å²) >= 11 is 0. The standard InChI is InChI=1S/C21H17N3.H3N/c1-14-15(2)23-24-21(20(14)17-9-11-22-12-10-17)19-8-7-16-5-3-4-6-18(16)13-19;/h3-13H,1-2H3;1H3. The second-order valence-corrected chi connectivity index (χ2v) is 5.93. The van der Waals surface area contributed by atoms with Crippen LogP contribution in [0.5, 0.6) is 0 Å². The Morgan fingerprint density at radius 2 is 1.44 bits per heavy atom. The molecule has 0 bridgehead atoms. The number of aromatic nitrogens is 3. The molecule has 0 spiro atoms. The van der Waals surface area contributed by atoms with Crippen LogP contribution in [-0.4, -0.2) is 15.2 Å². The maximum Gasteiger partial charge on any atom is 0.101 e. The molecule has 0 fully saturated rings. The van der Waals surface area contributed by atoms with E-state index < -0.39 is 0 Å². The van der Waals surface area contributed by atoms with Crippen LogP contribution < -0.4 is 6.15 Å². The fourth-order valence-electron chi connectivity index (χ4n) is 3.02. The summed E-state index contributed by atoms with van der Waals surface area (Å²) in [5, 5.41) is 11.3. The molecule has 0 aliphatic carbocycles. The lowest BCUT2D eigenvalue weighted by atomic mass is 9.94. The van der Waals surface area contributed by atoms with Gasteiger partial charge in [-0.3, -0.25) is 4.98 Å². The molecule has 2 aromatic heterocycles. The van der Waals surface area contributed by atoms with Crippen molar-refractivity contribution in [3.8, 4) is 22.4 Å². The minimum Gasteiger partial charge on any atom is -0.344 e. The van der Waals surface area contributed by atoms with E-state index in [1.807, 2.05) is 31.5 Å². The van der Waals surface area contributed by atoms with E-state index in [1.54, 1.807) is 0 Å². The summed E-state index contributed by atoms with van der Waals surface area (Å²) in [6.45, 7) is 4.10. The molecule has 4 rings (SSSR count). The third-order valence-corrected chi connectivity index (χ3v) is 4.45. The van der Waals surface area contributed by atoms with E-state index in [4.69, 9.17) is 0 Å². The molecular formula is C21H20N4. The Labute approximate surface area is 147 Å². The molecule has 124 valence electrons. The van der Waals surface area contributed by atoms with E-state index in [1.165, 1.54) is 10.8 Å². The van der Waals surface area contributed by atoms with E-state index in [0.717, 1.165) is 33.6 Å². The summed E-state index contributed by atoms with van der Waals surface area (Å²) in [6.07, 6.45) is 3.63. The van der Waals surface area contributed by atoms with Gasteiger partial charge < -0.3 is 6.15 Å². The summed E-state index contributed by atoms with van der Waals surface area (Å²) < 4.78 is 0. The summed E-state index contributed by atoms with van der Waals surface area (Å²) in [5.74, 6) is 0. The highest BCUT2D eigenvalue weighted by Crippen LogP contribution is 2.34. The van der Waals surface area contributed by atoms with E-state index in [-0.39, 0.29) is 6.15 Å². The first-order valence-electron chi connectivity index (χ1n) is 7.97. The molecule has 4 heteroatoms. The minimum absolute atomic E-state index is 0. The topological polar surface area (TPSA) is 73.7 Å². The largest absolute Gasteiger partial charge is 0.344 e. The van der Waals surface area contributed by atoms with Crippen LogP contribution in [0.1, 0.15) is 11.3 Å². The zero-order chi connectivity index (χ0) is 16.5. The predicted molar refractivity (Wildman–Crippen MR) is 103 cm³/mol. The van der Waals surface area contributed by atoms with Crippen molar-refractivity contribution in [1.82, 2.24) is 21.3 Å². The first-order chi connectivity index (χ1) is 11.7. The molecule has 0 saturated heterocycles. The van der Waals surface area contributed by atoms with Crippen molar-refractivity contribution in [1.29, 1.82) is 0 Å². The fourth-order valence-corrected chi connectivity index (χ4v) is 3.02. The Balaban J connectivity index is 0.00000182. The highest BCUT2D eigenvalue weighted by molar-refractivity contribution is 5.90. The van der Waals surface area contributed by atoms with Gasteiger partial charge in [0.15, 0.2) is 0 Å². The van der Waals surface area contributed by atoms with E-state index in [2.05, 4.69) is 64.6 Å². The van der Waals surface area contributed by atoms with Gasteiger partial charge in [0.2, 0.25) is 0 Å². The van der Waals surface area contributed by atoms with Crippen molar-refractivity contribution in [2.75, 3.05) is 0 Å². The lowest BCUT2D eigenvalue weighted by Crippen LogP contribution is -1.99. The van der Waals surface area contributed by atoms with Crippen LogP contribution in [0.3, 0.4) is 0 Å². The van der Waals surface area contributed by atoms with Gasteiger partial charge in [0, 0.05) is 23.5 Å². The van der Waals surface area contributed by atoms with Gasteiger partial charge in [-0.1, -0.05) is 36.4 Å². The molecule has 0 aliphatic rings. The number of pyridine rings is 1. The zero-order valence-corrected chi connectivity index (χ0v) is 14.4. The van der Waals surface area contributed by atoms with Crippen LogP contribution in [-0.2, 0) is 0 Å². The van der Waals surface area contributed by atoms with Crippen molar-refractivity contribution in [3.05, 3.63) is 78.2 Å². The van der Waals surface area contributed by atoms with Crippen molar-refractivity contribution >= 4 is 10.8 Å². The average molecular weight is 328 g/mol. The van der Waals surface area contributed by atoms with Gasteiger partial charge in [-0.2, -0.15) is 5.10 Å². The van der Waals surface area contributed by atoms with Crippen LogP contribution in [0, 0.1) is 13.8 Å². The zero-order valence-electron chi connectivity index (χ0n) is 14.4. The van der Waals surface area contributed by atoms with E-state index >= 15 is 0 Å². The second-order valence-electron chi connectivity index (χ2n) is 5.93. The molecule has 2 aromatic carbocycles. The Kier molecular flexibility index (Phi) is 4.55. The molecule has 4 aromatic rings. The molecule has 0 aliphatic heterocycles. The first kappa shape index (κ1) is 16.7. The molecule has 0 radical (unpaired) electrons.